The fourth-order valence-corrected chi connectivity index (χ4v) is 6.04. The third kappa shape index (κ3) is 2.69. The van der Waals surface area contributed by atoms with Crippen molar-refractivity contribution >= 4 is 5.78 Å². The van der Waals surface area contributed by atoms with E-state index in [2.05, 4.69) is 0 Å². The Bertz CT molecular complexity index is 728. The molecule has 6 unspecified atom stereocenters. The Hall–Kier alpha value is -1.05. The highest BCUT2D eigenvalue weighted by Crippen LogP contribution is 2.55. The highest BCUT2D eigenvalue weighted by atomic mass is 16.3. The lowest BCUT2D eigenvalue weighted by molar-refractivity contribution is -0.127. The second-order valence-corrected chi connectivity index (χ2v) is 9.43. The molecule has 2 saturated carbocycles. The average Bonchev–Trinajstić information content (AvgIpc) is 2.79. The van der Waals surface area contributed by atoms with Crippen molar-refractivity contribution in [1.29, 1.82) is 0 Å². The quantitative estimate of drug-likeness (QED) is 0.532. The zero-order valence-electron chi connectivity index (χ0n) is 16.4. The maximum atomic E-state index is 12.5. The summed E-state index contributed by atoms with van der Waals surface area (Å²) in [4.78, 5) is 14.3. The number of rotatable bonds is 1. The molecule has 0 aromatic heterocycles. The van der Waals surface area contributed by atoms with Gasteiger partial charge in [-0.1, -0.05) is 18.6 Å². The Kier molecular flexibility index (Phi) is 4.44. The maximum Gasteiger partial charge on any atom is 0.139 e. The summed E-state index contributed by atoms with van der Waals surface area (Å²) in [5.41, 5.74) is 0.460. The van der Waals surface area contributed by atoms with Gasteiger partial charge in [-0.2, -0.15) is 0 Å². The van der Waals surface area contributed by atoms with E-state index in [0.717, 1.165) is 17.6 Å². The number of hydrogen-bond donors (Lipinski definition) is 4. The van der Waals surface area contributed by atoms with Crippen molar-refractivity contribution in [2.24, 2.45) is 11.3 Å². The van der Waals surface area contributed by atoms with Crippen LogP contribution in [0.25, 0.3) is 0 Å². The lowest BCUT2D eigenvalue weighted by Crippen LogP contribution is -2.58. The minimum atomic E-state index is -1.22. The van der Waals surface area contributed by atoms with Crippen molar-refractivity contribution in [3.63, 3.8) is 0 Å². The molecular weight excluding hydrogens is 346 g/mol. The summed E-state index contributed by atoms with van der Waals surface area (Å²) in [6.45, 7) is 1.96. The van der Waals surface area contributed by atoms with Gasteiger partial charge in [0.15, 0.2) is 0 Å². The summed E-state index contributed by atoms with van der Waals surface area (Å²) in [5, 5.41) is 43.6. The predicted octanol–water partition coefficient (Wildman–Crippen LogP) is 0.540. The zero-order chi connectivity index (χ0) is 19.7. The van der Waals surface area contributed by atoms with E-state index in [4.69, 9.17) is 0 Å². The molecule has 0 aliphatic heterocycles. The van der Waals surface area contributed by atoms with Crippen LogP contribution in [0.2, 0.25) is 0 Å². The van der Waals surface area contributed by atoms with Gasteiger partial charge in [0, 0.05) is 17.9 Å². The monoisotopic (exact) mass is 377 g/mol. The van der Waals surface area contributed by atoms with Crippen LogP contribution < -0.4 is 0 Å². The Balaban J connectivity index is 1.77. The fourth-order valence-electron chi connectivity index (χ4n) is 6.04. The van der Waals surface area contributed by atoms with Gasteiger partial charge in [0.25, 0.3) is 0 Å². The molecule has 6 nitrogen and oxygen atoms in total. The van der Waals surface area contributed by atoms with Gasteiger partial charge >= 0.3 is 0 Å². The number of ketones is 1. The molecule has 0 aromatic rings. The van der Waals surface area contributed by atoms with Crippen LogP contribution in [-0.4, -0.2) is 75.2 Å². The molecule has 0 radical (unpaired) electrons. The first-order valence-electron chi connectivity index (χ1n) is 10.00. The molecule has 4 aliphatic rings. The Labute approximate surface area is 160 Å². The van der Waals surface area contributed by atoms with E-state index in [-0.39, 0.29) is 17.7 Å². The van der Waals surface area contributed by atoms with Crippen molar-refractivity contribution in [2.75, 3.05) is 14.1 Å². The number of carbonyl (C=O) groups is 1. The van der Waals surface area contributed by atoms with Crippen LogP contribution in [-0.2, 0) is 4.79 Å². The number of aliphatic hydroxyl groups is 4. The number of fused-ring (bicyclic) bond motifs is 3. The number of carbonyl (C=O) groups excluding carboxylic acids is 1. The van der Waals surface area contributed by atoms with Gasteiger partial charge < -0.3 is 25.3 Å². The third-order valence-electron chi connectivity index (χ3n) is 7.74. The molecule has 6 heteroatoms. The topological polar surface area (TPSA) is 101 Å². The molecule has 2 fully saturated rings. The average molecular weight is 377 g/mol. The van der Waals surface area contributed by atoms with E-state index in [9.17, 15) is 25.2 Å². The molecule has 4 rings (SSSR count). The molecule has 7 atom stereocenters. The normalized spacial score (nSPS) is 47.3. The molecule has 0 heterocycles. The van der Waals surface area contributed by atoms with Gasteiger partial charge in [0.05, 0.1) is 17.8 Å². The highest BCUT2D eigenvalue weighted by molar-refractivity contribution is 5.88. The molecular formula is C21H31NO5. The third-order valence-corrected chi connectivity index (χ3v) is 7.74. The van der Waals surface area contributed by atoms with E-state index < -0.39 is 29.3 Å². The largest absolute Gasteiger partial charge is 0.388 e. The van der Waals surface area contributed by atoms with Crippen molar-refractivity contribution in [3.05, 3.63) is 22.8 Å². The zero-order valence-corrected chi connectivity index (χ0v) is 16.4. The maximum absolute atomic E-state index is 12.5. The van der Waals surface area contributed by atoms with E-state index >= 15 is 0 Å². The van der Waals surface area contributed by atoms with Gasteiger partial charge in [0.2, 0.25) is 0 Å². The van der Waals surface area contributed by atoms with E-state index in [1.54, 1.807) is 6.08 Å². The van der Waals surface area contributed by atoms with Crippen molar-refractivity contribution in [3.8, 4) is 0 Å². The van der Waals surface area contributed by atoms with Crippen LogP contribution in [0.3, 0.4) is 0 Å². The first-order valence-corrected chi connectivity index (χ1v) is 10.00. The van der Waals surface area contributed by atoms with Crippen molar-refractivity contribution in [1.82, 2.24) is 4.90 Å². The number of Topliss-reactive ketones (excluding diaryl/α,β-unsaturated/α-hetero) is 1. The van der Waals surface area contributed by atoms with Crippen LogP contribution in [0.15, 0.2) is 22.8 Å². The van der Waals surface area contributed by atoms with Gasteiger partial charge in [-0.3, -0.25) is 4.79 Å². The Morgan fingerprint density at radius 3 is 2.52 bits per heavy atom. The highest BCUT2D eigenvalue weighted by Gasteiger charge is 2.55. The van der Waals surface area contributed by atoms with E-state index in [1.165, 1.54) is 0 Å². The summed E-state index contributed by atoms with van der Waals surface area (Å²) >= 11 is 0. The summed E-state index contributed by atoms with van der Waals surface area (Å²) in [6.07, 6.45) is 1.85. The smallest absolute Gasteiger partial charge is 0.139 e. The number of aliphatic hydroxyl groups excluding tert-OH is 3. The second-order valence-electron chi connectivity index (χ2n) is 9.43. The summed E-state index contributed by atoms with van der Waals surface area (Å²) in [6, 6.07) is -0.347. The Morgan fingerprint density at radius 1 is 1.15 bits per heavy atom. The van der Waals surface area contributed by atoms with Crippen LogP contribution >= 0.6 is 0 Å². The van der Waals surface area contributed by atoms with Gasteiger partial charge in [-0.15, -0.1) is 0 Å². The molecule has 0 saturated heterocycles. The van der Waals surface area contributed by atoms with Crippen LogP contribution in [0.1, 0.15) is 45.4 Å². The summed E-state index contributed by atoms with van der Waals surface area (Å²) < 4.78 is 0. The van der Waals surface area contributed by atoms with E-state index in [0.29, 0.717) is 37.7 Å². The van der Waals surface area contributed by atoms with Crippen molar-refractivity contribution in [2.45, 2.75) is 75.4 Å². The molecule has 4 aliphatic carbocycles. The van der Waals surface area contributed by atoms with Crippen molar-refractivity contribution < 1.29 is 25.2 Å². The van der Waals surface area contributed by atoms with Crippen LogP contribution in [0.4, 0.5) is 0 Å². The van der Waals surface area contributed by atoms with Crippen LogP contribution in [0, 0.1) is 11.3 Å². The number of nitrogens with zero attached hydrogens (tertiary/aromatic N) is 1. The van der Waals surface area contributed by atoms with Crippen LogP contribution in [0.5, 0.6) is 0 Å². The van der Waals surface area contributed by atoms with E-state index in [1.807, 2.05) is 25.9 Å². The summed E-state index contributed by atoms with van der Waals surface area (Å²) in [7, 11) is 3.66. The Morgan fingerprint density at radius 2 is 1.85 bits per heavy atom. The summed E-state index contributed by atoms with van der Waals surface area (Å²) in [5.74, 6) is 0.310. The van der Waals surface area contributed by atoms with Gasteiger partial charge in [-0.05, 0) is 63.3 Å². The molecule has 0 spiro atoms. The first kappa shape index (κ1) is 19.3. The molecule has 150 valence electrons. The fraction of sp³-hybridized carbons (Fsp3) is 0.762. The number of allylic oxidation sites excluding steroid dienone is 1. The van der Waals surface area contributed by atoms with Gasteiger partial charge in [0.1, 0.15) is 11.9 Å². The molecule has 0 aromatic carbocycles. The molecule has 4 N–H and O–H groups in total. The number of likely N-dealkylation sites (N-methyl/N-ethyl adjacent to an activating group) is 1. The predicted molar refractivity (Wildman–Crippen MR) is 99.9 cm³/mol. The molecule has 0 bridgehead atoms. The minimum absolute atomic E-state index is 0.0933. The first-order chi connectivity index (χ1) is 12.6. The minimum Gasteiger partial charge on any atom is -0.388 e. The molecule has 27 heavy (non-hydrogen) atoms. The molecule has 0 amide bonds. The lowest BCUT2D eigenvalue weighted by Gasteiger charge is -2.46. The number of hydrogen-bond acceptors (Lipinski definition) is 6. The van der Waals surface area contributed by atoms with Gasteiger partial charge in [-0.25, -0.2) is 0 Å². The second kappa shape index (κ2) is 6.22. The lowest BCUT2D eigenvalue weighted by atomic mass is 9.64. The SMILES string of the molecule is CN(C)C1CC2(O)CCC3=C(C=C2C(O)C1O)C(O)C[C@]1(C)C(=O)CCC31. The standard InChI is InChI=1S/C21H31NO5/c1-20-10-16(23)12-8-14-18(25)19(26)15(22(2)3)9-21(14,27)7-6-11(12)13(20)4-5-17(20)24/h8,13,15-16,18-19,23,25-27H,4-7,9-10H2,1-3H3/t13?,15?,16?,18?,19?,20-,21?/m0/s1.